The number of hydrogen-bond donors (Lipinski definition) is 1. The molecule has 2 rings (SSSR count). The Morgan fingerprint density at radius 3 is 2.47 bits per heavy atom. The Labute approximate surface area is 118 Å². The first kappa shape index (κ1) is 14.4. The normalized spacial score (nSPS) is 25.1. The van der Waals surface area contributed by atoms with Crippen LogP contribution < -0.4 is 10.6 Å². The van der Waals surface area contributed by atoms with E-state index in [4.69, 9.17) is 5.73 Å². The molecule has 1 atom stereocenters. The molecule has 0 saturated heterocycles. The van der Waals surface area contributed by atoms with Gasteiger partial charge in [0.1, 0.15) is 0 Å². The molecule has 1 saturated carbocycles. The molecule has 1 aromatic carbocycles. The molecule has 2 N–H and O–H groups in total. The zero-order valence-electron chi connectivity index (χ0n) is 12.6. The Balaban J connectivity index is 2.16. The predicted octanol–water partition coefficient (Wildman–Crippen LogP) is 4.11. The second-order valence-corrected chi connectivity index (χ2v) is 6.10. The highest BCUT2D eigenvalue weighted by atomic mass is 15.1. The van der Waals surface area contributed by atoms with Crippen molar-refractivity contribution in [1.29, 1.82) is 0 Å². The summed E-state index contributed by atoms with van der Waals surface area (Å²) in [6.07, 6.45) is 6.33. The summed E-state index contributed by atoms with van der Waals surface area (Å²) in [6, 6.07) is 9.48. The van der Waals surface area contributed by atoms with Crippen molar-refractivity contribution in [1.82, 2.24) is 0 Å². The molecule has 1 aliphatic rings. The molecule has 19 heavy (non-hydrogen) atoms. The Kier molecular flexibility index (Phi) is 4.87. The quantitative estimate of drug-likeness (QED) is 0.882. The van der Waals surface area contributed by atoms with Gasteiger partial charge in [0.05, 0.1) is 0 Å². The lowest BCUT2D eigenvalue weighted by molar-refractivity contribution is 0.340. The van der Waals surface area contributed by atoms with Crippen molar-refractivity contribution in [3.05, 3.63) is 29.8 Å². The van der Waals surface area contributed by atoms with Gasteiger partial charge < -0.3 is 10.6 Å². The molecule has 0 heterocycles. The van der Waals surface area contributed by atoms with E-state index in [0.29, 0.717) is 6.04 Å². The number of nitrogens with two attached hydrogens (primary N) is 1. The van der Waals surface area contributed by atoms with Crippen molar-refractivity contribution < 1.29 is 0 Å². The highest BCUT2D eigenvalue weighted by Crippen LogP contribution is 2.32. The molecule has 0 spiro atoms. The molecule has 2 nitrogen and oxygen atoms in total. The second kappa shape index (κ2) is 6.42. The van der Waals surface area contributed by atoms with Gasteiger partial charge in [0.15, 0.2) is 0 Å². The highest BCUT2D eigenvalue weighted by Gasteiger charge is 2.23. The minimum Gasteiger partial charge on any atom is -0.371 e. The van der Waals surface area contributed by atoms with Crippen LogP contribution in [-0.2, 0) is 0 Å². The van der Waals surface area contributed by atoms with Crippen LogP contribution in [0.3, 0.4) is 0 Å². The first-order valence-corrected chi connectivity index (χ1v) is 7.70. The van der Waals surface area contributed by atoms with Crippen LogP contribution in [0.25, 0.3) is 0 Å². The van der Waals surface area contributed by atoms with Crippen molar-refractivity contribution >= 4 is 5.69 Å². The van der Waals surface area contributed by atoms with E-state index < -0.39 is 0 Å². The molecule has 0 bridgehead atoms. The van der Waals surface area contributed by atoms with Gasteiger partial charge in [0, 0.05) is 24.8 Å². The maximum Gasteiger partial charge on any atom is 0.0414 e. The maximum atomic E-state index is 6.26. The molecule has 0 amide bonds. The summed E-state index contributed by atoms with van der Waals surface area (Å²) in [7, 11) is 2.24. The highest BCUT2D eigenvalue weighted by molar-refractivity contribution is 5.55. The van der Waals surface area contributed by atoms with Crippen LogP contribution >= 0.6 is 0 Å². The van der Waals surface area contributed by atoms with Gasteiger partial charge >= 0.3 is 0 Å². The molecule has 0 aromatic heterocycles. The van der Waals surface area contributed by atoms with E-state index in [2.05, 4.69) is 50.1 Å². The summed E-state index contributed by atoms with van der Waals surface area (Å²) < 4.78 is 0. The first-order chi connectivity index (χ1) is 9.13. The summed E-state index contributed by atoms with van der Waals surface area (Å²) in [5.74, 6) is 0.901. The Morgan fingerprint density at radius 2 is 1.84 bits per heavy atom. The molecule has 0 unspecified atom stereocenters. The van der Waals surface area contributed by atoms with Crippen molar-refractivity contribution in [2.24, 2.45) is 11.7 Å². The van der Waals surface area contributed by atoms with Crippen LogP contribution in [0.4, 0.5) is 5.69 Å². The third-order valence-electron chi connectivity index (χ3n) is 4.69. The number of hydrogen-bond acceptors (Lipinski definition) is 2. The zero-order valence-corrected chi connectivity index (χ0v) is 12.6. The third kappa shape index (κ3) is 3.30. The predicted molar refractivity (Wildman–Crippen MR) is 83.5 cm³/mol. The van der Waals surface area contributed by atoms with Crippen LogP contribution in [0.2, 0.25) is 0 Å². The molecule has 1 aromatic rings. The average molecular weight is 260 g/mol. The van der Waals surface area contributed by atoms with E-state index >= 15 is 0 Å². The number of nitrogens with zero attached hydrogens (tertiary/aromatic N) is 1. The molecule has 106 valence electrons. The lowest BCUT2D eigenvalue weighted by Crippen LogP contribution is -2.35. The molecule has 0 radical (unpaired) electrons. The topological polar surface area (TPSA) is 29.3 Å². The standard InChI is InChI=1S/C17H28N2/c1-4-16(18)15-7-5-6-8-17(15)19(3)14-11-9-13(2)10-12-14/h5-8,13-14,16H,4,9-12,18H2,1-3H3/t13?,14?,16-/m1/s1. The summed E-state index contributed by atoms with van der Waals surface area (Å²) in [4.78, 5) is 2.47. The monoisotopic (exact) mass is 260 g/mol. The van der Waals surface area contributed by atoms with Crippen LogP contribution in [0.15, 0.2) is 24.3 Å². The van der Waals surface area contributed by atoms with E-state index in [1.165, 1.54) is 36.9 Å². The number of anilines is 1. The molecule has 1 aliphatic carbocycles. The SMILES string of the molecule is CC[C@@H](N)c1ccccc1N(C)C1CCC(C)CC1. The molecule has 2 heteroatoms. The molecule has 1 fully saturated rings. The van der Waals surface area contributed by atoms with Gasteiger partial charge in [0.25, 0.3) is 0 Å². The maximum absolute atomic E-state index is 6.26. The van der Waals surface area contributed by atoms with Crippen molar-refractivity contribution in [3.8, 4) is 0 Å². The smallest absolute Gasteiger partial charge is 0.0414 e. The second-order valence-electron chi connectivity index (χ2n) is 6.10. The lowest BCUT2D eigenvalue weighted by Gasteiger charge is -2.36. The zero-order chi connectivity index (χ0) is 13.8. The Morgan fingerprint density at radius 1 is 1.21 bits per heavy atom. The minimum absolute atomic E-state index is 0.154. The van der Waals surface area contributed by atoms with E-state index in [1.807, 2.05) is 0 Å². The Bertz CT molecular complexity index is 394. The molecule has 0 aliphatic heterocycles. The van der Waals surface area contributed by atoms with Gasteiger partial charge in [0.2, 0.25) is 0 Å². The summed E-state index contributed by atoms with van der Waals surface area (Å²) in [6.45, 7) is 4.53. The van der Waals surface area contributed by atoms with Crippen molar-refractivity contribution in [2.75, 3.05) is 11.9 Å². The summed E-state index contributed by atoms with van der Waals surface area (Å²) >= 11 is 0. The summed E-state index contributed by atoms with van der Waals surface area (Å²) in [5, 5.41) is 0. The summed E-state index contributed by atoms with van der Waals surface area (Å²) in [5.41, 5.74) is 8.89. The van der Waals surface area contributed by atoms with Gasteiger partial charge in [-0.3, -0.25) is 0 Å². The number of para-hydroxylation sites is 1. The number of rotatable bonds is 4. The average Bonchev–Trinajstić information content (AvgIpc) is 2.46. The van der Waals surface area contributed by atoms with Crippen LogP contribution in [0.5, 0.6) is 0 Å². The van der Waals surface area contributed by atoms with Crippen molar-refractivity contribution in [2.45, 2.75) is 58.0 Å². The van der Waals surface area contributed by atoms with E-state index in [0.717, 1.165) is 12.3 Å². The van der Waals surface area contributed by atoms with Gasteiger partial charge in [-0.15, -0.1) is 0 Å². The minimum atomic E-state index is 0.154. The Hall–Kier alpha value is -1.02. The number of benzene rings is 1. The van der Waals surface area contributed by atoms with Gasteiger partial charge in [-0.05, 0) is 49.7 Å². The van der Waals surface area contributed by atoms with Gasteiger partial charge in [-0.1, -0.05) is 32.0 Å². The van der Waals surface area contributed by atoms with Crippen LogP contribution in [-0.4, -0.2) is 13.1 Å². The fourth-order valence-corrected chi connectivity index (χ4v) is 3.17. The van der Waals surface area contributed by atoms with E-state index in [-0.39, 0.29) is 6.04 Å². The van der Waals surface area contributed by atoms with Gasteiger partial charge in [-0.25, -0.2) is 0 Å². The van der Waals surface area contributed by atoms with Crippen LogP contribution in [0, 0.1) is 5.92 Å². The van der Waals surface area contributed by atoms with Gasteiger partial charge in [-0.2, -0.15) is 0 Å². The largest absolute Gasteiger partial charge is 0.371 e. The lowest BCUT2D eigenvalue weighted by atomic mass is 9.86. The first-order valence-electron chi connectivity index (χ1n) is 7.70. The molecular weight excluding hydrogens is 232 g/mol. The van der Waals surface area contributed by atoms with Crippen LogP contribution in [0.1, 0.15) is 57.6 Å². The fourth-order valence-electron chi connectivity index (χ4n) is 3.17. The van der Waals surface area contributed by atoms with E-state index in [1.54, 1.807) is 0 Å². The van der Waals surface area contributed by atoms with E-state index in [9.17, 15) is 0 Å². The fraction of sp³-hybridized carbons (Fsp3) is 0.647. The third-order valence-corrected chi connectivity index (χ3v) is 4.69. The molecular formula is C17H28N2. The van der Waals surface area contributed by atoms with Crippen molar-refractivity contribution in [3.63, 3.8) is 0 Å².